The van der Waals surface area contributed by atoms with E-state index in [9.17, 15) is 0 Å². The van der Waals surface area contributed by atoms with Gasteiger partial charge < -0.3 is 4.42 Å². The van der Waals surface area contributed by atoms with Gasteiger partial charge in [0.2, 0.25) is 5.89 Å². The fraction of sp³-hybridized carbons (Fsp3) is 0.375. The van der Waals surface area contributed by atoms with Gasteiger partial charge in [-0.15, -0.1) is 22.7 Å². The second kappa shape index (κ2) is 6.32. The van der Waals surface area contributed by atoms with Gasteiger partial charge in [0.15, 0.2) is 0 Å². The van der Waals surface area contributed by atoms with Crippen molar-refractivity contribution in [2.24, 2.45) is 0 Å². The van der Waals surface area contributed by atoms with E-state index < -0.39 is 0 Å². The van der Waals surface area contributed by atoms with Crippen LogP contribution < -0.4 is 0 Å². The molecule has 0 saturated heterocycles. The van der Waals surface area contributed by atoms with Crippen molar-refractivity contribution in [3.05, 3.63) is 45.0 Å². The first kappa shape index (κ1) is 15.4. The number of thiophene rings is 1. The lowest BCUT2D eigenvalue weighted by atomic mass is 10.2. The van der Waals surface area contributed by atoms with Gasteiger partial charge in [0, 0.05) is 17.6 Å². The molecule has 0 saturated carbocycles. The van der Waals surface area contributed by atoms with Crippen molar-refractivity contribution in [3.8, 4) is 10.8 Å². The lowest BCUT2D eigenvalue weighted by Crippen LogP contribution is -2.22. The molecule has 1 atom stereocenters. The quantitative estimate of drug-likeness (QED) is 0.680. The van der Waals surface area contributed by atoms with Crippen molar-refractivity contribution in [2.75, 3.05) is 7.05 Å². The predicted octanol–water partition coefficient (Wildman–Crippen LogP) is 4.67. The summed E-state index contributed by atoms with van der Waals surface area (Å²) in [6, 6.07) is 4.31. The zero-order valence-electron chi connectivity index (χ0n) is 13.2. The molecule has 0 bridgehead atoms. The second-order valence-electron chi connectivity index (χ2n) is 5.42. The van der Waals surface area contributed by atoms with E-state index >= 15 is 0 Å². The van der Waals surface area contributed by atoms with Gasteiger partial charge in [-0.1, -0.05) is 6.07 Å². The molecule has 6 heteroatoms. The molecule has 0 fully saturated rings. The largest absolute Gasteiger partial charge is 0.440 e. The summed E-state index contributed by atoms with van der Waals surface area (Å²) in [5.41, 5.74) is 2.07. The Morgan fingerprint density at radius 1 is 1.27 bits per heavy atom. The van der Waals surface area contributed by atoms with Gasteiger partial charge in [-0.05, 0) is 39.3 Å². The van der Waals surface area contributed by atoms with E-state index in [1.807, 2.05) is 31.4 Å². The molecule has 0 aliphatic carbocycles. The highest BCUT2D eigenvalue weighted by molar-refractivity contribution is 7.13. The second-order valence-corrected chi connectivity index (χ2v) is 7.25. The Hall–Kier alpha value is -1.50. The molecule has 3 aromatic rings. The molecule has 0 aliphatic rings. The lowest BCUT2D eigenvalue weighted by Gasteiger charge is -2.21. The van der Waals surface area contributed by atoms with Crippen molar-refractivity contribution in [2.45, 2.75) is 33.4 Å². The van der Waals surface area contributed by atoms with Gasteiger partial charge in [0.1, 0.15) is 10.8 Å². The number of rotatable bonds is 5. The molecule has 3 rings (SSSR count). The van der Waals surface area contributed by atoms with E-state index in [-0.39, 0.29) is 6.04 Å². The monoisotopic (exact) mass is 333 g/mol. The molecule has 3 aromatic heterocycles. The maximum atomic E-state index is 5.81. The predicted molar refractivity (Wildman–Crippen MR) is 91.3 cm³/mol. The fourth-order valence-corrected chi connectivity index (χ4v) is 3.77. The third-order valence-corrected chi connectivity index (χ3v) is 5.67. The van der Waals surface area contributed by atoms with E-state index in [4.69, 9.17) is 4.42 Å². The van der Waals surface area contributed by atoms with Crippen LogP contribution >= 0.6 is 22.7 Å². The number of oxazole rings is 1. The number of aromatic nitrogens is 2. The SMILES string of the molecule is Cc1csc([C@H](C)N(C)Cc2nc(-c3cccs3)oc2C)n1. The molecule has 116 valence electrons. The van der Waals surface area contributed by atoms with Crippen LogP contribution in [-0.2, 0) is 6.54 Å². The van der Waals surface area contributed by atoms with Crippen molar-refractivity contribution in [1.82, 2.24) is 14.9 Å². The van der Waals surface area contributed by atoms with Crippen molar-refractivity contribution < 1.29 is 4.42 Å². The average molecular weight is 333 g/mol. The Bertz CT molecular complexity index is 745. The van der Waals surface area contributed by atoms with Crippen LogP contribution in [0.25, 0.3) is 10.8 Å². The number of thiazole rings is 1. The number of aryl methyl sites for hydroxylation is 2. The maximum absolute atomic E-state index is 5.81. The van der Waals surface area contributed by atoms with Crippen LogP contribution in [0.4, 0.5) is 0 Å². The first-order valence-corrected chi connectivity index (χ1v) is 8.93. The summed E-state index contributed by atoms with van der Waals surface area (Å²) < 4.78 is 5.81. The average Bonchev–Trinajstić information content (AvgIpc) is 3.20. The van der Waals surface area contributed by atoms with Crippen LogP contribution in [0.2, 0.25) is 0 Å². The van der Waals surface area contributed by atoms with Crippen molar-refractivity contribution >= 4 is 22.7 Å². The zero-order valence-corrected chi connectivity index (χ0v) is 14.8. The van der Waals surface area contributed by atoms with Gasteiger partial charge in [0.05, 0.1) is 16.6 Å². The molecule has 4 nitrogen and oxygen atoms in total. The molecular formula is C16H19N3OS2. The minimum absolute atomic E-state index is 0.264. The van der Waals surface area contributed by atoms with Crippen LogP contribution in [-0.4, -0.2) is 21.9 Å². The summed E-state index contributed by atoms with van der Waals surface area (Å²) in [4.78, 5) is 12.6. The molecule has 3 heterocycles. The van der Waals surface area contributed by atoms with Crippen LogP contribution in [0.3, 0.4) is 0 Å². The third-order valence-electron chi connectivity index (χ3n) is 3.68. The summed E-state index contributed by atoms with van der Waals surface area (Å²) in [5, 5.41) is 5.27. The van der Waals surface area contributed by atoms with E-state index in [1.165, 1.54) is 0 Å². The van der Waals surface area contributed by atoms with E-state index in [2.05, 4.69) is 34.2 Å². The Balaban J connectivity index is 1.75. The Morgan fingerprint density at radius 2 is 2.09 bits per heavy atom. The molecule has 22 heavy (non-hydrogen) atoms. The maximum Gasteiger partial charge on any atom is 0.236 e. The molecule has 0 aliphatic heterocycles. The lowest BCUT2D eigenvalue weighted by molar-refractivity contribution is 0.248. The normalized spacial score (nSPS) is 13.0. The van der Waals surface area contributed by atoms with Gasteiger partial charge in [0.25, 0.3) is 0 Å². The fourth-order valence-electron chi connectivity index (χ4n) is 2.21. The minimum atomic E-state index is 0.264. The first-order valence-electron chi connectivity index (χ1n) is 7.17. The van der Waals surface area contributed by atoms with Crippen LogP contribution in [0.15, 0.2) is 27.3 Å². The van der Waals surface area contributed by atoms with Gasteiger partial charge in [-0.3, -0.25) is 4.90 Å². The highest BCUT2D eigenvalue weighted by Gasteiger charge is 2.19. The topological polar surface area (TPSA) is 42.2 Å². The molecular weight excluding hydrogens is 314 g/mol. The number of nitrogens with zero attached hydrogens (tertiary/aromatic N) is 3. The summed E-state index contributed by atoms with van der Waals surface area (Å²) in [6.07, 6.45) is 0. The molecule has 0 amide bonds. The van der Waals surface area contributed by atoms with Crippen LogP contribution in [0.5, 0.6) is 0 Å². The Labute approximate surface area is 138 Å². The smallest absolute Gasteiger partial charge is 0.236 e. The van der Waals surface area contributed by atoms with Gasteiger partial charge >= 0.3 is 0 Å². The Kier molecular flexibility index (Phi) is 4.42. The highest BCUT2D eigenvalue weighted by Crippen LogP contribution is 2.28. The van der Waals surface area contributed by atoms with E-state index in [0.717, 1.165) is 33.6 Å². The van der Waals surface area contributed by atoms with Crippen LogP contribution in [0, 0.1) is 13.8 Å². The van der Waals surface area contributed by atoms with E-state index in [0.29, 0.717) is 5.89 Å². The summed E-state index contributed by atoms with van der Waals surface area (Å²) in [7, 11) is 2.10. The van der Waals surface area contributed by atoms with E-state index in [1.54, 1.807) is 22.7 Å². The van der Waals surface area contributed by atoms with Gasteiger partial charge in [-0.2, -0.15) is 0 Å². The van der Waals surface area contributed by atoms with Gasteiger partial charge in [-0.25, -0.2) is 9.97 Å². The number of hydrogen-bond acceptors (Lipinski definition) is 6. The molecule has 0 radical (unpaired) electrons. The molecule has 0 N–H and O–H groups in total. The molecule has 0 spiro atoms. The zero-order chi connectivity index (χ0) is 15.7. The Morgan fingerprint density at radius 3 is 2.73 bits per heavy atom. The number of hydrogen-bond donors (Lipinski definition) is 0. The summed E-state index contributed by atoms with van der Waals surface area (Å²) >= 11 is 3.35. The first-order chi connectivity index (χ1) is 10.5. The summed E-state index contributed by atoms with van der Waals surface area (Å²) in [6.45, 7) is 6.93. The van der Waals surface area contributed by atoms with Crippen molar-refractivity contribution in [3.63, 3.8) is 0 Å². The molecule has 0 aromatic carbocycles. The van der Waals surface area contributed by atoms with Crippen molar-refractivity contribution in [1.29, 1.82) is 0 Å². The van der Waals surface area contributed by atoms with Crippen LogP contribution in [0.1, 0.15) is 35.1 Å². The molecule has 0 unspecified atom stereocenters. The third kappa shape index (κ3) is 3.14. The summed E-state index contributed by atoms with van der Waals surface area (Å²) in [5.74, 6) is 1.60. The standard InChI is InChI=1S/C16H19N3OS2/c1-10-9-22-16(17-10)11(2)19(4)8-13-12(3)20-15(18-13)14-6-5-7-21-14/h5-7,9,11H,8H2,1-4H3/t11-/m0/s1. The highest BCUT2D eigenvalue weighted by atomic mass is 32.1. The minimum Gasteiger partial charge on any atom is -0.440 e.